The van der Waals surface area contributed by atoms with Gasteiger partial charge >= 0.3 is 0 Å². The highest BCUT2D eigenvalue weighted by Gasteiger charge is 2.09. The van der Waals surface area contributed by atoms with E-state index in [1.807, 2.05) is 10.6 Å². The normalized spacial score (nSPS) is 11.1. The minimum absolute atomic E-state index is 0.550. The van der Waals surface area contributed by atoms with Gasteiger partial charge < -0.3 is 18.8 Å². The number of aromatic amines is 1. The Morgan fingerprint density at radius 3 is 2.95 bits per heavy atom. The number of rotatable bonds is 4. The maximum atomic E-state index is 5.31. The Kier molecular flexibility index (Phi) is 3.23. The maximum Gasteiger partial charge on any atom is 0.228 e. The summed E-state index contributed by atoms with van der Waals surface area (Å²) >= 11 is 5.31. The molecule has 3 aromatic heterocycles. The summed E-state index contributed by atoms with van der Waals surface area (Å²) in [5.41, 5.74) is 1.63. The van der Waals surface area contributed by atoms with E-state index in [2.05, 4.69) is 20.1 Å². The first kappa shape index (κ1) is 12.8. The topological polar surface area (TPSA) is 81.8 Å². The van der Waals surface area contributed by atoms with Crippen LogP contribution < -0.4 is 4.74 Å². The van der Waals surface area contributed by atoms with Crippen LogP contribution in [0.25, 0.3) is 11.2 Å². The molecule has 3 heterocycles. The SMILES string of the molecule is COc1ccc2[nH]c(=S)n(CCc3nc(C)no3)c2n1. The zero-order valence-corrected chi connectivity index (χ0v) is 11.9. The van der Waals surface area contributed by atoms with Crippen LogP contribution in [0.4, 0.5) is 0 Å². The number of methoxy groups -OCH3 is 1. The van der Waals surface area contributed by atoms with Crippen molar-refractivity contribution in [2.75, 3.05) is 7.11 Å². The largest absolute Gasteiger partial charge is 0.481 e. The summed E-state index contributed by atoms with van der Waals surface area (Å²) in [6, 6.07) is 3.68. The fourth-order valence-corrected chi connectivity index (χ4v) is 2.27. The van der Waals surface area contributed by atoms with Gasteiger partial charge in [-0.25, -0.2) is 0 Å². The number of imidazole rings is 1. The van der Waals surface area contributed by atoms with Crippen LogP contribution in [-0.2, 0) is 13.0 Å². The van der Waals surface area contributed by atoms with Crippen molar-refractivity contribution >= 4 is 23.4 Å². The molecule has 0 spiro atoms. The third-order valence-corrected chi connectivity index (χ3v) is 3.24. The molecule has 0 fully saturated rings. The number of hydrogen-bond acceptors (Lipinski definition) is 6. The van der Waals surface area contributed by atoms with Gasteiger partial charge in [0.1, 0.15) is 0 Å². The van der Waals surface area contributed by atoms with Crippen molar-refractivity contribution in [2.45, 2.75) is 19.9 Å². The smallest absolute Gasteiger partial charge is 0.228 e. The summed E-state index contributed by atoms with van der Waals surface area (Å²) in [5.74, 6) is 1.76. The molecule has 0 amide bonds. The quantitative estimate of drug-likeness (QED) is 0.741. The molecule has 1 N–H and O–H groups in total. The summed E-state index contributed by atoms with van der Waals surface area (Å²) in [6.07, 6.45) is 0.598. The van der Waals surface area contributed by atoms with E-state index in [4.69, 9.17) is 21.5 Å². The molecule has 0 aliphatic carbocycles. The van der Waals surface area contributed by atoms with Crippen molar-refractivity contribution in [1.29, 1.82) is 0 Å². The number of ether oxygens (including phenoxy) is 1. The predicted octanol–water partition coefficient (Wildman–Crippen LogP) is 2.04. The molecule has 7 nitrogen and oxygen atoms in total. The Bertz CT molecular complexity index is 804. The number of hydrogen-bond donors (Lipinski definition) is 1. The van der Waals surface area contributed by atoms with Gasteiger partial charge in [-0.2, -0.15) is 9.97 Å². The summed E-state index contributed by atoms with van der Waals surface area (Å²) in [6.45, 7) is 2.40. The lowest BCUT2D eigenvalue weighted by molar-refractivity contribution is 0.368. The second-order valence-corrected chi connectivity index (χ2v) is 4.68. The number of aryl methyl sites for hydroxylation is 3. The highest BCUT2D eigenvalue weighted by Crippen LogP contribution is 2.16. The molecule has 0 saturated heterocycles. The molecule has 0 unspecified atom stereocenters. The van der Waals surface area contributed by atoms with Crippen molar-refractivity contribution in [1.82, 2.24) is 24.7 Å². The van der Waals surface area contributed by atoms with Gasteiger partial charge in [0, 0.05) is 19.0 Å². The first-order valence-electron chi connectivity index (χ1n) is 6.10. The first-order valence-corrected chi connectivity index (χ1v) is 6.51. The Hall–Kier alpha value is -2.22. The molecule has 0 saturated carbocycles. The molecule has 0 aromatic carbocycles. The zero-order valence-electron chi connectivity index (χ0n) is 11.1. The van der Waals surface area contributed by atoms with Crippen LogP contribution in [0.15, 0.2) is 16.7 Å². The fraction of sp³-hybridized carbons (Fsp3) is 0.333. The Morgan fingerprint density at radius 1 is 1.40 bits per heavy atom. The number of nitrogens with zero attached hydrogens (tertiary/aromatic N) is 4. The molecule has 3 rings (SSSR count). The lowest BCUT2D eigenvalue weighted by Gasteiger charge is -2.02. The number of nitrogens with one attached hydrogen (secondary N) is 1. The molecule has 0 aliphatic rings. The van der Waals surface area contributed by atoms with Crippen molar-refractivity contribution in [3.63, 3.8) is 0 Å². The summed E-state index contributed by atoms with van der Waals surface area (Å²) in [5, 5.41) is 3.76. The van der Waals surface area contributed by atoms with E-state index >= 15 is 0 Å². The molecular formula is C12H13N5O2S. The minimum Gasteiger partial charge on any atom is -0.481 e. The third kappa shape index (κ3) is 2.29. The lowest BCUT2D eigenvalue weighted by Crippen LogP contribution is -2.03. The monoisotopic (exact) mass is 291 g/mol. The second kappa shape index (κ2) is 5.04. The standard InChI is InChI=1S/C12H13N5O2S/c1-7-13-10(19-16-7)5-6-17-11-8(14-12(17)20)3-4-9(15-11)18-2/h3-4H,5-6H2,1-2H3,(H,14,20). The van der Waals surface area contributed by atoms with Gasteiger partial charge in [-0.15, -0.1) is 0 Å². The predicted molar refractivity (Wildman–Crippen MR) is 74.2 cm³/mol. The second-order valence-electron chi connectivity index (χ2n) is 4.29. The number of pyridine rings is 1. The van der Waals surface area contributed by atoms with Crippen LogP contribution in [0.5, 0.6) is 5.88 Å². The molecular weight excluding hydrogens is 278 g/mol. The Balaban J connectivity index is 1.93. The molecule has 104 valence electrons. The lowest BCUT2D eigenvalue weighted by atomic mass is 10.4. The van der Waals surface area contributed by atoms with Crippen LogP contribution >= 0.6 is 12.2 Å². The van der Waals surface area contributed by atoms with Crippen LogP contribution in [0, 0.1) is 11.7 Å². The molecule has 20 heavy (non-hydrogen) atoms. The first-order chi connectivity index (χ1) is 9.67. The van der Waals surface area contributed by atoms with Crippen molar-refractivity contribution in [3.8, 4) is 5.88 Å². The minimum atomic E-state index is 0.550. The van der Waals surface area contributed by atoms with Crippen LogP contribution in [0.1, 0.15) is 11.7 Å². The average Bonchev–Trinajstić information content (AvgIpc) is 2.98. The van der Waals surface area contributed by atoms with Gasteiger partial charge in [0.05, 0.1) is 12.6 Å². The zero-order chi connectivity index (χ0) is 14.1. The van der Waals surface area contributed by atoms with Crippen LogP contribution in [-0.4, -0.2) is 31.8 Å². The van der Waals surface area contributed by atoms with Gasteiger partial charge in [0.15, 0.2) is 16.2 Å². The Morgan fingerprint density at radius 2 is 2.25 bits per heavy atom. The van der Waals surface area contributed by atoms with Crippen molar-refractivity contribution in [2.24, 2.45) is 0 Å². The highest BCUT2D eigenvalue weighted by atomic mass is 32.1. The highest BCUT2D eigenvalue weighted by molar-refractivity contribution is 7.71. The Labute approximate surface area is 119 Å². The summed E-state index contributed by atoms with van der Waals surface area (Å²) in [4.78, 5) is 11.7. The van der Waals surface area contributed by atoms with E-state index < -0.39 is 0 Å². The molecule has 3 aromatic rings. The van der Waals surface area contributed by atoms with Gasteiger partial charge in [0.25, 0.3) is 0 Å². The third-order valence-electron chi connectivity index (χ3n) is 2.92. The van der Waals surface area contributed by atoms with E-state index in [0.717, 1.165) is 11.2 Å². The van der Waals surface area contributed by atoms with E-state index in [9.17, 15) is 0 Å². The van der Waals surface area contributed by atoms with Crippen LogP contribution in [0.2, 0.25) is 0 Å². The molecule has 0 atom stereocenters. The van der Waals surface area contributed by atoms with Gasteiger partial charge in [-0.3, -0.25) is 0 Å². The summed E-state index contributed by atoms with van der Waals surface area (Å²) < 4.78 is 12.7. The average molecular weight is 291 g/mol. The van der Waals surface area contributed by atoms with E-state index in [1.165, 1.54) is 0 Å². The number of fused-ring (bicyclic) bond motifs is 1. The number of aromatic nitrogens is 5. The fourth-order valence-electron chi connectivity index (χ4n) is 1.98. The van der Waals surface area contributed by atoms with Gasteiger partial charge in [-0.1, -0.05) is 5.16 Å². The number of H-pyrrole nitrogens is 1. The molecule has 0 radical (unpaired) electrons. The summed E-state index contributed by atoms with van der Waals surface area (Å²) in [7, 11) is 1.58. The molecule has 8 heteroatoms. The van der Waals surface area contributed by atoms with Gasteiger partial charge in [0.2, 0.25) is 11.8 Å². The van der Waals surface area contributed by atoms with Crippen LogP contribution in [0.3, 0.4) is 0 Å². The van der Waals surface area contributed by atoms with Gasteiger partial charge in [-0.05, 0) is 25.2 Å². The van der Waals surface area contributed by atoms with E-state index in [0.29, 0.717) is 35.3 Å². The maximum absolute atomic E-state index is 5.31. The van der Waals surface area contributed by atoms with Crippen molar-refractivity contribution < 1.29 is 9.26 Å². The van der Waals surface area contributed by atoms with E-state index in [-0.39, 0.29) is 0 Å². The molecule has 0 bridgehead atoms. The van der Waals surface area contributed by atoms with Crippen molar-refractivity contribution in [3.05, 3.63) is 28.6 Å². The molecule has 0 aliphatic heterocycles. The van der Waals surface area contributed by atoms with E-state index in [1.54, 1.807) is 20.1 Å².